The summed E-state index contributed by atoms with van der Waals surface area (Å²) in [5.41, 5.74) is 4.73. The van der Waals surface area contributed by atoms with E-state index in [1.165, 1.54) is 0 Å². The van der Waals surface area contributed by atoms with E-state index in [1.807, 2.05) is 20.8 Å². The summed E-state index contributed by atoms with van der Waals surface area (Å²) >= 11 is 0. The predicted octanol–water partition coefficient (Wildman–Crippen LogP) is 0.000400. The molecule has 0 saturated carbocycles. The van der Waals surface area contributed by atoms with Gasteiger partial charge in [0.2, 0.25) is 5.91 Å². The van der Waals surface area contributed by atoms with Crippen LogP contribution in [0.25, 0.3) is 0 Å². The van der Waals surface area contributed by atoms with Crippen LogP contribution < -0.4 is 10.9 Å². The maximum atomic E-state index is 11.6. The van der Waals surface area contributed by atoms with Gasteiger partial charge in [-0.1, -0.05) is 0 Å². The monoisotopic (exact) mass is 227 g/mol. The van der Waals surface area contributed by atoms with Crippen molar-refractivity contribution in [2.45, 2.75) is 38.3 Å². The normalized spacial score (nSPS) is 22.9. The zero-order valence-corrected chi connectivity index (χ0v) is 9.79. The van der Waals surface area contributed by atoms with E-state index in [9.17, 15) is 9.59 Å². The van der Waals surface area contributed by atoms with Gasteiger partial charge >= 0.3 is 6.09 Å². The van der Waals surface area contributed by atoms with Crippen LogP contribution in [0.4, 0.5) is 4.79 Å². The summed E-state index contributed by atoms with van der Waals surface area (Å²) in [4.78, 5) is 24.3. The van der Waals surface area contributed by atoms with Crippen molar-refractivity contribution in [1.29, 1.82) is 0 Å². The van der Waals surface area contributed by atoms with Gasteiger partial charge in [-0.3, -0.25) is 10.2 Å². The molecule has 1 spiro atoms. The molecule has 0 unspecified atom stereocenters. The first-order valence-electron chi connectivity index (χ1n) is 5.34. The molecule has 2 aliphatic rings. The number of rotatable bonds is 0. The predicted molar refractivity (Wildman–Crippen MR) is 56.4 cm³/mol. The summed E-state index contributed by atoms with van der Waals surface area (Å²) in [6.07, 6.45) is 0.103. The molecule has 2 N–H and O–H groups in total. The van der Waals surface area contributed by atoms with Gasteiger partial charge in [-0.15, -0.1) is 0 Å². The van der Waals surface area contributed by atoms with Gasteiger partial charge in [0.25, 0.3) is 0 Å². The second-order valence-corrected chi connectivity index (χ2v) is 5.47. The average molecular weight is 227 g/mol. The largest absolute Gasteiger partial charge is 0.444 e. The molecule has 0 bridgehead atoms. The fraction of sp³-hybridized carbons (Fsp3) is 0.800. The van der Waals surface area contributed by atoms with Gasteiger partial charge in [-0.2, -0.15) is 0 Å². The maximum Gasteiger partial charge on any atom is 0.410 e. The number of likely N-dealkylation sites (tertiary alicyclic amines) is 1. The van der Waals surface area contributed by atoms with Gasteiger partial charge in [-0.25, -0.2) is 10.2 Å². The lowest BCUT2D eigenvalue weighted by molar-refractivity contribution is -0.120. The van der Waals surface area contributed by atoms with E-state index in [4.69, 9.17) is 4.74 Å². The topological polar surface area (TPSA) is 70.7 Å². The highest BCUT2D eigenvalue weighted by Gasteiger charge is 2.50. The van der Waals surface area contributed by atoms with E-state index >= 15 is 0 Å². The van der Waals surface area contributed by atoms with E-state index in [2.05, 4.69) is 10.9 Å². The fourth-order valence-corrected chi connectivity index (χ4v) is 1.93. The van der Waals surface area contributed by atoms with Gasteiger partial charge in [0.15, 0.2) is 0 Å². The Morgan fingerprint density at radius 1 is 1.44 bits per heavy atom. The molecule has 6 nitrogen and oxygen atoms in total. The second kappa shape index (κ2) is 3.35. The number of hydrogen-bond acceptors (Lipinski definition) is 4. The smallest absolute Gasteiger partial charge is 0.410 e. The zero-order chi connectivity index (χ0) is 12.0. The minimum atomic E-state index is -0.475. The fourth-order valence-electron chi connectivity index (χ4n) is 1.93. The number of nitrogens with one attached hydrogen (secondary N) is 2. The van der Waals surface area contributed by atoms with Crippen molar-refractivity contribution < 1.29 is 14.3 Å². The van der Waals surface area contributed by atoms with Gasteiger partial charge in [0, 0.05) is 13.1 Å². The summed E-state index contributed by atoms with van der Waals surface area (Å²) in [5.74, 6) is -0.0242. The molecule has 2 saturated heterocycles. The van der Waals surface area contributed by atoms with Crippen molar-refractivity contribution in [1.82, 2.24) is 15.8 Å². The van der Waals surface area contributed by atoms with Crippen LogP contribution in [0.2, 0.25) is 0 Å². The highest BCUT2D eigenvalue weighted by Crippen LogP contribution is 2.28. The van der Waals surface area contributed by atoms with Gasteiger partial charge in [-0.05, 0) is 20.8 Å². The van der Waals surface area contributed by atoms with Crippen LogP contribution in [0.3, 0.4) is 0 Å². The van der Waals surface area contributed by atoms with E-state index < -0.39 is 5.60 Å². The average Bonchev–Trinajstić information content (AvgIpc) is 2.41. The summed E-state index contributed by atoms with van der Waals surface area (Å²) in [6.45, 7) is 6.53. The Morgan fingerprint density at radius 3 is 2.50 bits per heavy atom. The maximum absolute atomic E-state index is 11.6. The summed E-state index contributed by atoms with van der Waals surface area (Å²) in [5, 5.41) is 0. The van der Waals surface area contributed by atoms with Gasteiger partial charge < -0.3 is 9.64 Å². The lowest BCUT2D eigenvalue weighted by Gasteiger charge is -2.46. The molecule has 0 aromatic heterocycles. The molecule has 2 fully saturated rings. The first kappa shape index (κ1) is 11.2. The quantitative estimate of drug-likeness (QED) is 0.611. The molecule has 0 atom stereocenters. The summed E-state index contributed by atoms with van der Waals surface area (Å²) < 4.78 is 5.23. The summed E-state index contributed by atoms with van der Waals surface area (Å²) in [7, 11) is 0. The van der Waals surface area contributed by atoms with Crippen LogP contribution in [0.15, 0.2) is 0 Å². The van der Waals surface area contributed by atoms with Crippen LogP contribution in [0.1, 0.15) is 27.2 Å². The number of carbonyl (C=O) groups is 2. The number of hydrazine groups is 1. The molecule has 0 aliphatic carbocycles. The number of nitrogens with zero attached hydrogens (tertiary/aromatic N) is 1. The SMILES string of the molecule is CC(C)(C)OC(=O)N1CC2(CC(=O)NN2)C1. The molecule has 0 aromatic rings. The molecule has 90 valence electrons. The number of amides is 2. The van der Waals surface area contributed by atoms with Crippen LogP contribution in [-0.4, -0.2) is 41.1 Å². The minimum Gasteiger partial charge on any atom is -0.444 e. The van der Waals surface area contributed by atoms with Crippen molar-refractivity contribution in [3.05, 3.63) is 0 Å². The highest BCUT2D eigenvalue weighted by atomic mass is 16.6. The highest BCUT2D eigenvalue weighted by molar-refractivity contribution is 5.80. The first-order valence-corrected chi connectivity index (χ1v) is 5.34. The van der Waals surface area contributed by atoms with Crippen molar-refractivity contribution in [3.63, 3.8) is 0 Å². The molecule has 6 heteroatoms. The third-order valence-electron chi connectivity index (χ3n) is 2.60. The van der Waals surface area contributed by atoms with Crippen molar-refractivity contribution >= 4 is 12.0 Å². The van der Waals surface area contributed by atoms with Gasteiger partial charge in [0.05, 0.1) is 12.0 Å². The molecule has 2 rings (SSSR count). The molecule has 0 radical (unpaired) electrons. The number of carbonyl (C=O) groups excluding carboxylic acids is 2. The van der Waals surface area contributed by atoms with Crippen LogP contribution in [-0.2, 0) is 9.53 Å². The Morgan fingerprint density at radius 2 is 2.06 bits per heavy atom. The van der Waals surface area contributed by atoms with E-state index in [0.29, 0.717) is 19.5 Å². The zero-order valence-electron chi connectivity index (χ0n) is 9.79. The van der Waals surface area contributed by atoms with Crippen LogP contribution >= 0.6 is 0 Å². The number of ether oxygens (including phenoxy) is 1. The number of hydrogen-bond donors (Lipinski definition) is 2. The van der Waals surface area contributed by atoms with E-state index in [1.54, 1.807) is 4.90 Å². The molecular weight excluding hydrogens is 210 g/mol. The van der Waals surface area contributed by atoms with Crippen molar-refractivity contribution in [3.8, 4) is 0 Å². The lowest BCUT2D eigenvalue weighted by atomic mass is 9.88. The van der Waals surface area contributed by atoms with Gasteiger partial charge in [0.1, 0.15) is 5.60 Å². The second-order valence-electron chi connectivity index (χ2n) is 5.47. The Labute approximate surface area is 94.3 Å². The molecular formula is C10H17N3O3. The third kappa shape index (κ3) is 2.11. The van der Waals surface area contributed by atoms with E-state index in [0.717, 1.165) is 0 Å². The standard InChI is InChI=1S/C10H17N3O3/c1-9(2,3)16-8(15)13-5-10(6-13)4-7(14)11-12-10/h12H,4-6H2,1-3H3,(H,11,14). The van der Waals surface area contributed by atoms with Crippen LogP contribution in [0.5, 0.6) is 0 Å². The van der Waals surface area contributed by atoms with E-state index in [-0.39, 0.29) is 17.5 Å². The Balaban J connectivity index is 1.84. The van der Waals surface area contributed by atoms with Crippen molar-refractivity contribution in [2.24, 2.45) is 0 Å². The van der Waals surface area contributed by atoms with Crippen LogP contribution in [0, 0.1) is 0 Å². The molecule has 0 aromatic carbocycles. The summed E-state index contributed by atoms with van der Waals surface area (Å²) in [6, 6.07) is 0. The Bertz CT molecular complexity index is 329. The van der Waals surface area contributed by atoms with Crippen molar-refractivity contribution in [2.75, 3.05) is 13.1 Å². The lowest BCUT2D eigenvalue weighted by Crippen LogP contribution is -2.69. The third-order valence-corrected chi connectivity index (χ3v) is 2.60. The Hall–Kier alpha value is -1.30. The molecule has 2 aliphatic heterocycles. The molecule has 16 heavy (non-hydrogen) atoms. The minimum absolute atomic E-state index is 0.0242. The molecule has 2 heterocycles. The molecule has 2 amide bonds. The first-order chi connectivity index (χ1) is 7.30. The Kier molecular flexibility index (Phi) is 2.34.